The highest BCUT2D eigenvalue weighted by Gasteiger charge is 1.98. The van der Waals surface area contributed by atoms with Gasteiger partial charge < -0.3 is 4.57 Å². The molecule has 0 aliphatic heterocycles. The number of hydrogen-bond acceptors (Lipinski definition) is 1. The molecule has 0 radical (unpaired) electrons. The molecular weight excluding hydrogens is 180 g/mol. The molecule has 0 amide bonds. The van der Waals surface area contributed by atoms with Crippen molar-refractivity contribution in [1.82, 2.24) is 9.55 Å². The molecule has 1 unspecified atom stereocenters. The SMILES string of the molecule is CC(CBr)n1ccnc1. The maximum Gasteiger partial charge on any atom is 0.0948 e. The van der Waals surface area contributed by atoms with E-state index < -0.39 is 0 Å². The molecule has 2 nitrogen and oxygen atoms in total. The molecule has 0 N–H and O–H groups in total. The zero-order valence-electron chi connectivity index (χ0n) is 5.29. The van der Waals surface area contributed by atoms with Crippen LogP contribution in [0.4, 0.5) is 0 Å². The van der Waals surface area contributed by atoms with Crippen LogP contribution in [0.25, 0.3) is 0 Å². The summed E-state index contributed by atoms with van der Waals surface area (Å²) in [6.07, 6.45) is 5.58. The Hall–Kier alpha value is -0.310. The molecule has 1 atom stereocenters. The molecule has 50 valence electrons. The fourth-order valence-corrected chi connectivity index (χ4v) is 0.944. The third-order valence-corrected chi connectivity index (χ3v) is 2.19. The molecule has 3 heteroatoms. The van der Waals surface area contributed by atoms with E-state index in [0.29, 0.717) is 6.04 Å². The van der Waals surface area contributed by atoms with E-state index in [0.717, 1.165) is 5.33 Å². The first kappa shape index (κ1) is 6.81. The van der Waals surface area contributed by atoms with E-state index in [9.17, 15) is 0 Å². The first-order chi connectivity index (χ1) is 4.34. The molecule has 1 rings (SSSR count). The van der Waals surface area contributed by atoms with Crippen LogP contribution < -0.4 is 0 Å². The second-order valence-electron chi connectivity index (χ2n) is 2.01. The zero-order chi connectivity index (χ0) is 6.69. The molecule has 0 aliphatic rings. The molecule has 0 fully saturated rings. The van der Waals surface area contributed by atoms with Crippen molar-refractivity contribution >= 4 is 15.9 Å². The van der Waals surface area contributed by atoms with Crippen LogP contribution in [0.15, 0.2) is 18.7 Å². The summed E-state index contributed by atoms with van der Waals surface area (Å²) in [6, 6.07) is 0.507. The van der Waals surface area contributed by atoms with E-state index in [-0.39, 0.29) is 0 Å². The van der Waals surface area contributed by atoms with E-state index in [2.05, 4.69) is 32.4 Å². The van der Waals surface area contributed by atoms with Gasteiger partial charge in [-0.05, 0) is 6.92 Å². The number of hydrogen-bond donors (Lipinski definition) is 0. The minimum Gasteiger partial charge on any atom is -0.334 e. The summed E-state index contributed by atoms with van der Waals surface area (Å²) >= 11 is 3.39. The van der Waals surface area contributed by atoms with Crippen molar-refractivity contribution in [2.75, 3.05) is 5.33 Å². The van der Waals surface area contributed by atoms with Crippen LogP contribution in [0.1, 0.15) is 13.0 Å². The first-order valence-corrected chi connectivity index (χ1v) is 4.00. The molecule has 0 saturated heterocycles. The third-order valence-electron chi connectivity index (χ3n) is 1.26. The highest BCUT2D eigenvalue weighted by molar-refractivity contribution is 9.09. The number of nitrogens with zero attached hydrogens (tertiary/aromatic N) is 2. The van der Waals surface area contributed by atoms with Gasteiger partial charge in [0.2, 0.25) is 0 Å². The van der Waals surface area contributed by atoms with E-state index in [1.54, 1.807) is 6.20 Å². The van der Waals surface area contributed by atoms with Gasteiger partial charge in [0.25, 0.3) is 0 Å². The van der Waals surface area contributed by atoms with Crippen LogP contribution in [0.2, 0.25) is 0 Å². The van der Waals surface area contributed by atoms with Crippen LogP contribution in [0.3, 0.4) is 0 Å². The largest absolute Gasteiger partial charge is 0.334 e. The summed E-state index contributed by atoms with van der Waals surface area (Å²) in [5.41, 5.74) is 0. The lowest BCUT2D eigenvalue weighted by Crippen LogP contribution is -2.02. The molecule has 0 aromatic carbocycles. The number of rotatable bonds is 2. The van der Waals surface area contributed by atoms with E-state index in [1.807, 2.05) is 12.5 Å². The average molecular weight is 189 g/mol. The quantitative estimate of drug-likeness (QED) is 0.649. The highest BCUT2D eigenvalue weighted by atomic mass is 79.9. The molecule has 1 heterocycles. The van der Waals surface area contributed by atoms with E-state index in [4.69, 9.17) is 0 Å². The predicted molar refractivity (Wildman–Crippen MR) is 40.7 cm³/mol. The Labute approximate surface area is 63.0 Å². The van der Waals surface area contributed by atoms with Gasteiger partial charge >= 0.3 is 0 Å². The van der Waals surface area contributed by atoms with Gasteiger partial charge in [-0.1, -0.05) is 15.9 Å². The predicted octanol–water partition coefficient (Wildman–Crippen LogP) is 1.84. The fraction of sp³-hybridized carbons (Fsp3) is 0.500. The summed E-state index contributed by atoms with van der Waals surface area (Å²) in [5.74, 6) is 0. The topological polar surface area (TPSA) is 17.8 Å². The van der Waals surface area contributed by atoms with Crippen LogP contribution in [0.5, 0.6) is 0 Å². The van der Waals surface area contributed by atoms with E-state index >= 15 is 0 Å². The Kier molecular flexibility index (Phi) is 2.28. The smallest absolute Gasteiger partial charge is 0.0948 e. The Morgan fingerprint density at radius 2 is 2.56 bits per heavy atom. The first-order valence-electron chi connectivity index (χ1n) is 2.88. The normalized spacial score (nSPS) is 13.6. The summed E-state index contributed by atoms with van der Waals surface area (Å²) in [6.45, 7) is 2.14. The van der Waals surface area contributed by atoms with Gasteiger partial charge in [-0.3, -0.25) is 0 Å². The average Bonchev–Trinajstić information content (AvgIpc) is 2.37. The molecule has 0 aliphatic carbocycles. The molecule has 0 bridgehead atoms. The number of halogens is 1. The van der Waals surface area contributed by atoms with Gasteiger partial charge in [0.05, 0.1) is 6.33 Å². The second-order valence-corrected chi connectivity index (χ2v) is 2.66. The van der Waals surface area contributed by atoms with Crippen molar-refractivity contribution in [1.29, 1.82) is 0 Å². The van der Waals surface area contributed by atoms with E-state index in [1.165, 1.54) is 0 Å². The molecular formula is C6H9BrN2. The van der Waals surface area contributed by atoms with Gasteiger partial charge in [0.15, 0.2) is 0 Å². The Morgan fingerprint density at radius 3 is 3.00 bits per heavy atom. The van der Waals surface area contributed by atoms with Gasteiger partial charge in [-0.25, -0.2) is 4.98 Å². The second kappa shape index (κ2) is 3.01. The van der Waals surface area contributed by atoms with Gasteiger partial charge in [-0.2, -0.15) is 0 Å². The van der Waals surface area contributed by atoms with Crippen molar-refractivity contribution in [3.8, 4) is 0 Å². The maximum absolute atomic E-state index is 3.93. The Morgan fingerprint density at radius 1 is 1.78 bits per heavy atom. The van der Waals surface area contributed by atoms with Crippen molar-refractivity contribution in [2.24, 2.45) is 0 Å². The van der Waals surface area contributed by atoms with Crippen LogP contribution in [-0.4, -0.2) is 14.9 Å². The van der Waals surface area contributed by atoms with Gasteiger partial charge in [-0.15, -0.1) is 0 Å². The van der Waals surface area contributed by atoms with Gasteiger partial charge in [0.1, 0.15) is 0 Å². The molecule has 1 aromatic heterocycles. The summed E-state index contributed by atoms with van der Waals surface area (Å²) in [4.78, 5) is 3.93. The monoisotopic (exact) mass is 188 g/mol. The minimum atomic E-state index is 0.507. The number of alkyl halides is 1. The Balaban J connectivity index is 2.65. The van der Waals surface area contributed by atoms with Crippen LogP contribution >= 0.6 is 15.9 Å². The lowest BCUT2D eigenvalue weighted by molar-refractivity contribution is 0.612. The van der Waals surface area contributed by atoms with Crippen molar-refractivity contribution in [3.63, 3.8) is 0 Å². The molecule has 0 spiro atoms. The number of aromatic nitrogens is 2. The van der Waals surface area contributed by atoms with Crippen LogP contribution in [-0.2, 0) is 0 Å². The van der Waals surface area contributed by atoms with Gasteiger partial charge in [0, 0.05) is 23.8 Å². The lowest BCUT2D eigenvalue weighted by Gasteiger charge is -2.06. The fourth-order valence-electron chi connectivity index (χ4n) is 0.610. The molecule has 9 heavy (non-hydrogen) atoms. The van der Waals surface area contributed by atoms with Crippen molar-refractivity contribution < 1.29 is 0 Å². The maximum atomic E-state index is 3.93. The van der Waals surface area contributed by atoms with Crippen molar-refractivity contribution in [3.05, 3.63) is 18.7 Å². The zero-order valence-corrected chi connectivity index (χ0v) is 6.87. The Bertz CT molecular complexity index is 160. The molecule has 1 aromatic rings. The molecule has 0 saturated carbocycles. The summed E-state index contributed by atoms with van der Waals surface area (Å²) in [7, 11) is 0. The summed E-state index contributed by atoms with van der Waals surface area (Å²) < 4.78 is 2.06. The minimum absolute atomic E-state index is 0.507. The third kappa shape index (κ3) is 1.55. The highest BCUT2D eigenvalue weighted by Crippen LogP contribution is 2.06. The lowest BCUT2D eigenvalue weighted by atomic mass is 10.4. The summed E-state index contributed by atoms with van der Waals surface area (Å²) in [5, 5.41) is 0.976. The van der Waals surface area contributed by atoms with Crippen LogP contribution in [0, 0.1) is 0 Å². The number of imidazole rings is 1. The standard InChI is InChI=1S/C6H9BrN2/c1-6(4-7)9-3-2-8-5-9/h2-3,5-6H,4H2,1H3. The van der Waals surface area contributed by atoms with Crippen molar-refractivity contribution in [2.45, 2.75) is 13.0 Å².